The summed E-state index contributed by atoms with van der Waals surface area (Å²) in [4.78, 5) is 0. The van der Waals surface area contributed by atoms with Crippen molar-refractivity contribution in [3.8, 4) is 11.5 Å². The molecule has 0 unspecified atom stereocenters. The quantitative estimate of drug-likeness (QED) is 0.825. The fourth-order valence-electron chi connectivity index (χ4n) is 2.88. The number of rotatable bonds is 2. The van der Waals surface area contributed by atoms with Crippen molar-refractivity contribution in [3.63, 3.8) is 0 Å². The number of benzene rings is 1. The standard InChI is InChI=1S/C13H16O3/c1-15-10-2-3-12-11(6-10)13(4-5-16-12)7-9(13)8-14/h2-3,6,9,14H,4-5,7-8H2,1H3/t9-,13+/m0/s1. The van der Waals surface area contributed by atoms with Crippen molar-refractivity contribution >= 4 is 0 Å². The Bertz CT molecular complexity index is 416. The smallest absolute Gasteiger partial charge is 0.123 e. The number of aliphatic hydroxyl groups excluding tert-OH is 1. The number of methoxy groups -OCH3 is 1. The SMILES string of the molecule is COc1ccc2c(c1)[C@]1(CCO2)C[C@H]1CO. The predicted molar refractivity (Wildman–Crippen MR) is 60.0 cm³/mol. The van der Waals surface area contributed by atoms with E-state index >= 15 is 0 Å². The van der Waals surface area contributed by atoms with Gasteiger partial charge in [0.1, 0.15) is 11.5 Å². The van der Waals surface area contributed by atoms with Crippen LogP contribution < -0.4 is 9.47 Å². The Morgan fingerprint density at radius 1 is 1.56 bits per heavy atom. The van der Waals surface area contributed by atoms with Gasteiger partial charge in [0.2, 0.25) is 0 Å². The molecule has 0 amide bonds. The summed E-state index contributed by atoms with van der Waals surface area (Å²) in [6.07, 6.45) is 2.09. The number of hydrogen-bond donors (Lipinski definition) is 1. The van der Waals surface area contributed by atoms with E-state index < -0.39 is 0 Å². The minimum absolute atomic E-state index is 0.164. The molecule has 1 N–H and O–H groups in total. The number of hydrogen-bond acceptors (Lipinski definition) is 3. The molecule has 0 bridgehead atoms. The van der Waals surface area contributed by atoms with Gasteiger partial charge in [0.25, 0.3) is 0 Å². The van der Waals surface area contributed by atoms with Gasteiger partial charge >= 0.3 is 0 Å². The first-order chi connectivity index (χ1) is 7.80. The zero-order chi connectivity index (χ0) is 11.2. The molecule has 3 heteroatoms. The van der Waals surface area contributed by atoms with E-state index in [1.54, 1.807) is 7.11 Å². The van der Waals surface area contributed by atoms with Crippen LogP contribution in [0.1, 0.15) is 18.4 Å². The predicted octanol–water partition coefficient (Wildman–Crippen LogP) is 1.73. The topological polar surface area (TPSA) is 38.7 Å². The van der Waals surface area contributed by atoms with Crippen LogP contribution in [0.3, 0.4) is 0 Å². The zero-order valence-electron chi connectivity index (χ0n) is 9.40. The van der Waals surface area contributed by atoms with E-state index in [2.05, 4.69) is 6.07 Å². The second-order valence-corrected chi connectivity index (χ2v) is 4.70. The van der Waals surface area contributed by atoms with E-state index in [-0.39, 0.29) is 12.0 Å². The summed E-state index contributed by atoms with van der Waals surface area (Å²) in [5, 5.41) is 9.30. The second-order valence-electron chi connectivity index (χ2n) is 4.70. The number of ether oxygens (including phenoxy) is 2. The van der Waals surface area contributed by atoms with E-state index in [0.717, 1.165) is 30.9 Å². The largest absolute Gasteiger partial charge is 0.497 e. The van der Waals surface area contributed by atoms with Crippen LogP contribution in [0.4, 0.5) is 0 Å². The summed E-state index contributed by atoms with van der Waals surface area (Å²) in [7, 11) is 1.68. The van der Waals surface area contributed by atoms with Gasteiger partial charge < -0.3 is 14.6 Å². The fraction of sp³-hybridized carbons (Fsp3) is 0.538. The third-order valence-corrected chi connectivity index (χ3v) is 3.98. The molecule has 1 fully saturated rings. The van der Waals surface area contributed by atoms with Gasteiger partial charge in [-0.1, -0.05) is 0 Å². The van der Waals surface area contributed by atoms with Gasteiger partial charge in [-0.05, 0) is 37.0 Å². The molecule has 16 heavy (non-hydrogen) atoms. The highest BCUT2D eigenvalue weighted by molar-refractivity contribution is 5.50. The van der Waals surface area contributed by atoms with Crippen molar-refractivity contribution < 1.29 is 14.6 Å². The molecule has 1 heterocycles. The molecule has 1 spiro atoms. The Morgan fingerprint density at radius 2 is 2.44 bits per heavy atom. The molecule has 86 valence electrons. The summed E-state index contributed by atoms with van der Waals surface area (Å²) >= 11 is 0. The number of aliphatic hydroxyl groups is 1. The lowest BCUT2D eigenvalue weighted by atomic mass is 9.87. The monoisotopic (exact) mass is 220 g/mol. The van der Waals surface area contributed by atoms with Crippen LogP contribution in [0.15, 0.2) is 18.2 Å². The van der Waals surface area contributed by atoms with Crippen LogP contribution in [0.25, 0.3) is 0 Å². The van der Waals surface area contributed by atoms with Crippen LogP contribution in [-0.2, 0) is 5.41 Å². The minimum atomic E-state index is 0.164. The maximum atomic E-state index is 9.30. The molecule has 3 rings (SSSR count). The molecule has 1 aliphatic heterocycles. The highest BCUT2D eigenvalue weighted by atomic mass is 16.5. The molecule has 2 aliphatic rings. The van der Waals surface area contributed by atoms with Crippen molar-refractivity contribution in [1.29, 1.82) is 0 Å². The third-order valence-electron chi connectivity index (χ3n) is 3.98. The van der Waals surface area contributed by atoms with Crippen molar-refractivity contribution in [2.75, 3.05) is 20.3 Å². The van der Waals surface area contributed by atoms with E-state index in [0.29, 0.717) is 5.92 Å². The normalized spacial score (nSPS) is 30.8. The van der Waals surface area contributed by atoms with Gasteiger partial charge in [-0.15, -0.1) is 0 Å². The first-order valence-electron chi connectivity index (χ1n) is 5.72. The lowest BCUT2D eigenvalue weighted by Crippen LogP contribution is -2.22. The molecular formula is C13H16O3. The minimum Gasteiger partial charge on any atom is -0.497 e. The summed E-state index contributed by atoms with van der Waals surface area (Å²) < 4.78 is 10.9. The first-order valence-corrected chi connectivity index (χ1v) is 5.72. The van der Waals surface area contributed by atoms with Crippen molar-refractivity contribution in [2.45, 2.75) is 18.3 Å². The number of fused-ring (bicyclic) bond motifs is 2. The lowest BCUT2D eigenvalue weighted by Gasteiger charge is -2.27. The summed E-state index contributed by atoms with van der Waals surface area (Å²) in [5.41, 5.74) is 1.38. The molecule has 1 aromatic rings. The fourth-order valence-corrected chi connectivity index (χ4v) is 2.88. The zero-order valence-corrected chi connectivity index (χ0v) is 9.40. The Hall–Kier alpha value is -1.22. The highest BCUT2D eigenvalue weighted by Gasteiger charge is 2.57. The Labute approximate surface area is 95.0 Å². The van der Waals surface area contributed by atoms with E-state index in [4.69, 9.17) is 9.47 Å². The van der Waals surface area contributed by atoms with Gasteiger partial charge in [0, 0.05) is 17.6 Å². The molecule has 3 nitrogen and oxygen atoms in total. The molecule has 0 aromatic heterocycles. The molecule has 0 saturated heterocycles. The Kier molecular flexibility index (Phi) is 2.11. The van der Waals surface area contributed by atoms with Gasteiger partial charge in [0.15, 0.2) is 0 Å². The van der Waals surface area contributed by atoms with Crippen LogP contribution in [0.2, 0.25) is 0 Å². The van der Waals surface area contributed by atoms with Crippen LogP contribution in [0.5, 0.6) is 11.5 Å². The highest BCUT2D eigenvalue weighted by Crippen LogP contribution is 2.60. The Balaban J connectivity index is 2.04. The summed E-state index contributed by atoms with van der Waals surface area (Å²) in [6.45, 7) is 1.03. The van der Waals surface area contributed by atoms with Gasteiger partial charge in [-0.3, -0.25) is 0 Å². The lowest BCUT2D eigenvalue weighted by molar-refractivity contribution is 0.224. The molecule has 2 atom stereocenters. The molecule has 0 radical (unpaired) electrons. The maximum absolute atomic E-state index is 9.30. The summed E-state index contributed by atoms with van der Waals surface area (Å²) in [6, 6.07) is 5.96. The molecule has 1 saturated carbocycles. The van der Waals surface area contributed by atoms with Crippen molar-refractivity contribution in [3.05, 3.63) is 23.8 Å². The van der Waals surface area contributed by atoms with Gasteiger partial charge in [-0.25, -0.2) is 0 Å². The van der Waals surface area contributed by atoms with Crippen molar-refractivity contribution in [2.24, 2.45) is 5.92 Å². The van der Waals surface area contributed by atoms with Crippen molar-refractivity contribution in [1.82, 2.24) is 0 Å². The average molecular weight is 220 g/mol. The maximum Gasteiger partial charge on any atom is 0.123 e. The van der Waals surface area contributed by atoms with E-state index in [9.17, 15) is 5.11 Å². The third kappa shape index (κ3) is 1.24. The van der Waals surface area contributed by atoms with Crippen LogP contribution in [0, 0.1) is 5.92 Å². The van der Waals surface area contributed by atoms with Gasteiger partial charge in [-0.2, -0.15) is 0 Å². The first kappa shape index (κ1) is 9.97. The van der Waals surface area contributed by atoms with Crippen LogP contribution in [-0.4, -0.2) is 25.4 Å². The molecule has 1 aliphatic carbocycles. The summed E-state index contributed by atoms with van der Waals surface area (Å²) in [5.74, 6) is 2.23. The molecule has 1 aromatic carbocycles. The average Bonchev–Trinajstić information content (AvgIpc) is 3.04. The van der Waals surface area contributed by atoms with Gasteiger partial charge in [0.05, 0.1) is 13.7 Å². The van der Waals surface area contributed by atoms with E-state index in [1.165, 1.54) is 5.56 Å². The Morgan fingerprint density at radius 3 is 3.12 bits per heavy atom. The van der Waals surface area contributed by atoms with Crippen LogP contribution >= 0.6 is 0 Å². The second kappa shape index (κ2) is 3.39. The van der Waals surface area contributed by atoms with E-state index in [1.807, 2.05) is 12.1 Å². The molecular weight excluding hydrogens is 204 g/mol.